The van der Waals surface area contributed by atoms with Gasteiger partial charge in [0.15, 0.2) is 0 Å². The number of hydrogen-bond acceptors (Lipinski definition) is 0. The highest BCUT2D eigenvalue weighted by Gasteiger charge is 2.31. The van der Waals surface area contributed by atoms with Crippen LogP contribution in [0, 0.1) is 0 Å². The molecule has 0 amide bonds. The Kier molecular flexibility index (Phi) is 20.3. The second-order valence-electron chi connectivity index (χ2n) is 5.16. The van der Waals surface area contributed by atoms with Gasteiger partial charge in [0, 0.05) is 44.4 Å². The van der Waals surface area contributed by atoms with Crippen molar-refractivity contribution in [3.63, 3.8) is 0 Å². The second kappa shape index (κ2) is 16.8. The van der Waals surface area contributed by atoms with Gasteiger partial charge in [0.2, 0.25) is 0 Å². The standard InChI is InChI=1S/4C4H4ClF3/c4*1-3(2-5)4(6,7)8/h4*2H,1H3/b2*3-2+;2*3-2-. The Bertz CT molecular complexity index is 521. The van der Waals surface area contributed by atoms with E-state index in [9.17, 15) is 52.7 Å². The van der Waals surface area contributed by atoms with E-state index < -0.39 is 47.0 Å². The van der Waals surface area contributed by atoms with Crippen molar-refractivity contribution in [1.82, 2.24) is 0 Å². The highest BCUT2D eigenvalue weighted by Crippen LogP contribution is 2.26. The van der Waals surface area contributed by atoms with Crippen molar-refractivity contribution in [1.29, 1.82) is 0 Å². The predicted molar refractivity (Wildman–Crippen MR) is 103 cm³/mol. The number of allylic oxidation sites excluding steroid dienone is 4. The van der Waals surface area contributed by atoms with E-state index in [4.69, 9.17) is 46.4 Å². The quantitative estimate of drug-likeness (QED) is 0.251. The van der Waals surface area contributed by atoms with Gasteiger partial charge < -0.3 is 0 Å². The van der Waals surface area contributed by atoms with Crippen molar-refractivity contribution in [2.24, 2.45) is 0 Å². The van der Waals surface area contributed by atoms with Crippen LogP contribution < -0.4 is 0 Å². The van der Waals surface area contributed by atoms with Gasteiger partial charge in [0.05, 0.1) is 0 Å². The van der Waals surface area contributed by atoms with Crippen molar-refractivity contribution >= 4 is 46.4 Å². The molecule has 0 aliphatic heterocycles. The highest BCUT2D eigenvalue weighted by molar-refractivity contribution is 6.26. The summed E-state index contributed by atoms with van der Waals surface area (Å²) in [6.45, 7) is 3.64. The van der Waals surface area contributed by atoms with Crippen LogP contribution in [0.25, 0.3) is 0 Å². The lowest BCUT2D eigenvalue weighted by atomic mass is 10.3. The first-order valence-electron chi connectivity index (χ1n) is 7.30. The van der Waals surface area contributed by atoms with E-state index in [1.54, 1.807) is 0 Å². The minimum absolute atomic E-state index is 0.514. The number of hydrogen-bond donors (Lipinski definition) is 0. The van der Waals surface area contributed by atoms with E-state index in [0.29, 0.717) is 22.1 Å². The summed E-state index contributed by atoms with van der Waals surface area (Å²) in [4.78, 5) is 0. The van der Waals surface area contributed by atoms with E-state index >= 15 is 0 Å². The molecule has 0 heterocycles. The van der Waals surface area contributed by atoms with E-state index in [1.807, 2.05) is 0 Å². The third-order valence-electron chi connectivity index (χ3n) is 2.44. The van der Waals surface area contributed by atoms with Crippen molar-refractivity contribution in [2.45, 2.75) is 52.4 Å². The lowest BCUT2D eigenvalue weighted by molar-refractivity contribution is -0.0919. The monoisotopic (exact) mass is 576 g/mol. The summed E-state index contributed by atoms with van der Waals surface area (Å²) in [5.41, 5.74) is -1.06. The molecule has 0 unspecified atom stereocenters. The average molecular weight is 578 g/mol. The number of alkyl halides is 12. The van der Waals surface area contributed by atoms with Gasteiger partial charge in [-0.3, -0.25) is 0 Å². The molecule has 0 saturated heterocycles. The van der Waals surface area contributed by atoms with Crippen LogP contribution in [0.3, 0.4) is 0 Å². The molecule has 0 aromatic carbocycles. The van der Waals surface area contributed by atoms with Gasteiger partial charge in [-0.1, -0.05) is 46.4 Å². The Morgan fingerprint density at radius 1 is 0.375 bits per heavy atom. The Morgan fingerprint density at radius 3 is 0.469 bits per heavy atom. The molecule has 0 rings (SSSR count). The third kappa shape index (κ3) is 23.9. The SMILES string of the molecule is C/C(=C/Cl)C(F)(F)F.C/C(=C/Cl)C(F)(F)F.C/C(=C\Cl)C(F)(F)F.C/C(=C\Cl)C(F)(F)F. The van der Waals surface area contributed by atoms with Crippen LogP contribution >= 0.6 is 46.4 Å². The molecule has 192 valence electrons. The maximum absolute atomic E-state index is 11.3. The van der Waals surface area contributed by atoms with E-state index in [0.717, 1.165) is 27.7 Å². The maximum Gasteiger partial charge on any atom is 0.413 e. The molecular formula is C16H16Cl4F12. The Labute approximate surface area is 196 Å². The van der Waals surface area contributed by atoms with Gasteiger partial charge in [-0.15, -0.1) is 0 Å². The van der Waals surface area contributed by atoms with E-state index in [2.05, 4.69) is 0 Å². The minimum Gasteiger partial charge on any atom is -0.166 e. The smallest absolute Gasteiger partial charge is 0.166 e. The molecule has 16 heteroatoms. The average Bonchev–Trinajstić information content (AvgIpc) is 2.63. The Hall–Kier alpha value is -0.720. The van der Waals surface area contributed by atoms with Crippen LogP contribution in [0.5, 0.6) is 0 Å². The zero-order valence-electron chi connectivity index (χ0n) is 16.4. The van der Waals surface area contributed by atoms with Crippen molar-refractivity contribution < 1.29 is 52.7 Å². The summed E-state index contributed by atoms with van der Waals surface area (Å²) in [6.07, 6.45) is -17.0. The van der Waals surface area contributed by atoms with Crippen LogP contribution in [0.2, 0.25) is 0 Å². The van der Waals surface area contributed by atoms with Gasteiger partial charge in [-0.05, 0) is 27.7 Å². The molecule has 32 heavy (non-hydrogen) atoms. The van der Waals surface area contributed by atoms with Gasteiger partial charge in [0.25, 0.3) is 0 Å². The summed E-state index contributed by atoms with van der Waals surface area (Å²) in [5.74, 6) is 0. The van der Waals surface area contributed by atoms with Crippen molar-refractivity contribution in [2.75, 3.05) is 0 Å². The van der Waals surface area contributed by atoms with Crippen LogP contribution in [0.15, 0.2) is 44.4 Å². The maximum atomic E-state index is 11.3. The highest BCUT2D eigenvalue weighted by atomic mass is 35.5. The first-order valence-corrected chi connectivity index (χ1v) is 9.04. The lowest BCUT2D eigenvalue weighted by Gasteiger charge is -2.02. The first-order chi connectivity index (χ1) is 13.9. The lowest BCUT2D eigenvalue weighted by Crippen LogP contribution is -2.07. The van der Waals surface area contributed by atoms with Crippen LogP contribution in [0.1, 0.15) is 27.7 Å². The fourth-order valence-electron chi connectivity index (χ4n) is 0.247. The molecule has 0 aliphatic carbocycles. The molecular weight excluding hydrogens is 562 g/mol. The summed E-state index contributed by atoms with van der Waals surface area (Å²) < 4.78 is 136. The second-order valence-corrected chi connectivity index (χ2v) is 6.03. The molecule has 0 bridgehead atoms. The Morgan fingerprint density at radius 2 is 0.469 bits per heavy atom. The zero-order chi connectivity index (χ0) is 27.1. The molecule has 0 N–H and O–H groups in total. The predicted octanol–water partition coefficient (Wildman–Crippen LogP) is 10.8. The topological polar surface area (TPSA) is 0 Å². The zero-order valence-corrected chi connectivity index (χ0v) is 19.4. The molecule has 0 atom stereocenters. The molecule has 0 fully saturated rings. The summed E-state index contributed by atoms with van der Waals surface area (Å²) in [6, 6.07) is 0. The van der Waals surface area contributed by atoms with E-state index in [1.165, 1.54) is 0 Å². The van der Waals surface area contributed by atoms with Gasteiger partial charge in [-0.2, -0.15) is 52.7 Å². The van der Waals surface area contributed by atoms with Crippen molar-refractivity contribution in [3.05, 3.63) is 44.4 Å². The molecule has 0 aromatic rings. The van der Waals surface area contributed by atoms with Crippen LogP contribution in [0.4, 0.5) is 52.7 Å². The van der Waals surface area contributed by atoms with Crippen LogP contribution in [-0.4, -0.2) is 24.7 Å². The van der Waals surface area contributed by atoms with Crippen molar-refractivity contribution in [3.8, 4) is 0 Å². The molecule has 0 nitrogen and oxygen atoms in total. The minimum atomic E-state index is -4.26. The molecule has 0 aromatic heterocycles. The number of rotatable bonds is 0. The fraction of sp³-hybridized carbons (Fsp3) is 0.500. The third-order valence-corrected chi connectivity index (χ3v) is 3.75. The summed E-state index contributed by atoms with van der Waals surface area (Å²) in [5, 5.41) is 0. The first kappa shape index (κ1) is 38.5. The molecule has 0 aliphatic rings. The molecule has 0 spiro atoms. The molecule has 0 saturated carbocycles. The largest absolute Gasteiger partial charge is 0.413 e. The normalized spacial score (nSPS) is 14.4. The fourth-order valence-corrected chi connectivity index (χ4v) is 0.742. The van der Waals surface area contributed by atoms with Gasteiger partial charge in [-0.25, -0.2) is 0 Å². The van der Waals surface area contributed by atoms with E-state index in [-0.39, 0.29) is 0 Å². The summed E-state index contributed by atoms with van der Waals surface area (Å²) in [7, 11) is 0. The van der Waals surface area contributed by atoms with Gasteiger partial charge in [0.1, 0.15) is 0 Å². The van der Waals surface area contributed by atoms with Crippen LogP contribution in [-0.2, 0) is 0 Å². The Balaban J connectivity index is -0.000000163. The van der Waals surface area contributed by atoms with Gasteiger partial charge >= 0.3 is 24.7 Å². The number of halogens is 16. The summed E-state index contributed by atoms with van der Waals surface area (Å²) >= 11 is 19.0. The molecule has 0 radical (unpaired) electrons.